The Labute approximate surface area is 149 Å². The Morgan fingerprint density at radius 2 is 2.04 bits per heavy atom. The SMILES string of the molecule is C/C=C(\C)C(=O)O[C@H]1C[C@@H](C)C(=O)C/C=C2\C[C@H](OC2=O)[C@H]1C(C)C. The zero-order valence-electron chi connectivity index (χ0n) is 15.7. The van der Waals surface area contributed by atoms with Gasteiger partial charge in [-0.05, 0) is 26.2 Å². The number of carbonyl (C=O) groups excluding carboxylic acids is 3. The summed E-state index contributed by atoms with van der Waals surface area (Å²) in [5.41, 5.74) is 1.09. The molecule has 0 amide bonds. The molecule has 1 aliphatic heterocycles. The van der Waals surface area contributed by atoms with Crippen LogP contribution in [0.5, 0.6) is 0 Å². The summed E-state index contributed by atoms with van der Waals surface area (Å²) in [7, 11) is 0. The Morgan fingerprint density at radius 3 is 2.64 bits per heavy atom. The zero-order valence-corrected chi connectivity index (χ0v) is 15.7. The molecular weight excluding hydrogens is 320 g/mol. The molecule has 0 aromatic carbocycles. The summed E-state index contributed by atoms with van der Waals surface area (Å²) in [5.74, 6) is -0.923. The van der Waals surface area contributed by atoms with Gasteiger partial charge in [-0.2, -0.15) is 0 Å². The van der Waals surface area contributed by atoms with Crippen LogP contribution in [0, 0.1) is 17.8 Å². The number of hydrogen-bond acceptors (Lipinski definition) is 5. The molecule has 1 aliphatic carbocycles. The highest BCUT2D eigenvalue weighted by atomic mass is 16.6. The van der Waals surface area contributed by atoms with E-state index in [1.807, 2.05) is 20.8 Å². The molecule has 138 valence electrons. The predicted octanol–water partition coefficient (Wildman–Crippen LogP) is 3.38. The van der Waals surface area contributed by atoms with E-state index in [9.17, 15) is 14.4 Å². The van der Waals surface area contributed by atoms with Gasteiger partial charge in [0.1, 0.15) is 18.0 Å². The number of hydrogen-bond donors (Lipinski definition) is 0. The van der Waals surface area contributed by atoms with Crippen molar-refractivity contribution in [3.8, 4) is 0 Å². The summed E-state index contributed by atoms with van der Waals surface area (Å²) >= 11 is 0. The molecule has 4 atom stereocenters. The number of fused-ring (bicyclic) bond motifs is 2. The van der Waals surface area contributed by atoms with Crippen molar-refractivity contribution >= 4 is 17.7 Å². The van der Waals surface area contributed by atoms with Crippen LogP contribution in [-0.2, 0) is 23.9 Å². The number of esters is 2. The first-order chi connectivity index (χ1) is 11.7. The van der Waals surface area contributed by atoms with E-state index in [1.54, 1.807) is 26.0 Å². The van der Waals surface area contributed by atoms with Crippen molar-refractivity contribution in [1.29, 1.82) is 0 Å². The predicted molar refractivity (Wildman–Crippen MR) is 93.6 cm³/mol. The highest BCUT2D eigenvalue weighted by Crippen LogP contribution is 2.37. The minimum Gasteiger partial charge on any atom is -0.459 e. The van der Waals surface area contributed by atoms with Crippen LogP contribution < -0.4 is 0 Å². The summed E-state index contributed by atoms with van der Waals surface area (Å²) in [6, 6.07) is 0. The number of allylic oxidation sites excluding steroid dienone is 2. The minimum absolute atomic E-state index is 0.0527. The van der Waals surface area contributed by atoms with Crippen molar-refractivity contribution in [2.45, 2.75) is 66.1 Å². The van der Waals surface area contributed by atoms with Gasteiger partial charge >= 0.3 is 11.9 Å². The van der Waals surface area contributed by atoms with Crippen LogP contribution in [-0.4, -0.2) is 29.9 Å². The van der Waals surface area contributed by atoms with Gasteiger partial charge in [0.05, 0.1) is 0 Å². The number of rotatable bonds is 3. The van der Waals surface area contributed by atoms with E-state index in [4.69, 9.17) is 9.47 Å². The standard InChI is InChI=1S/C20H28O5/c1-6-12(4)19(22)24-16-9-13(5)15(21)8-7-14-10-17(25-20(14)23)18(16)11(2)3/h6-7,11,13,16-18H,8-10H2,1-5H3/b12-6+,14-7+/t13-,16+,17+,18+/m1/s1. The van der Waals surface area contributed by atoms with Gasteiger partial charge in [-0.25, -0.2) is 9.59 Å². The molecular formula is C20H28O5. The van der Waals surface area contributed by atoms with Crippen LogP contribution in [0.2, 0.25) is 0 Å². The Bertz CT molecular complexity index is 614. The Morgan fingerprint density at radius 1 is 1.36 bits per heavy atom. The normalized spacial score (nSPS) is 32.9. The monoisotopic (exact) mass is 348 g/mol. The van der Waals surface area contributed by atoms with Crippen LogP contribution in [0.15, 0.2) is 23.3 Å². The maximum atomic E-state index is 12.4. The summed E-state index contributed by atoms with van der Waals surface area (Å²) in [6.45, 7) is 9.40. The third-order valence-corrected chi connectivity index (χ3v) is 5.27. The van der Waals surface area contributed by atoms with E-state index in [1.165, 1.54) is 0 Å². The summed E-state index contributed by atoms with van der Waals surface area (Å²) < 4.78 is 11.4. The lowest BCUT2D eigenvalue weighted by Crippen LogP contribution is -2.40. The average molecular weight is 348 g/mol. The van der Waals surface area contributed by atoms with Crippen molar-refractivity contribution in [2.75, 3.05) is 0 Å². The molecule has 2 aliphatic rings. The summed E-state index contributed by atoms with van der Waals surface area (Å²) in [6.07, 6.45) is 3.77. The second-order valence-corrected chi connectivity index (χ2v) is 7.42. The second-order valence-electron chi connectivity index (χ2n) is 7.42. The lowest BCUT2D eigenvalue weighted by Gasteiger charge is -2.34. The lowest BCUT2D eigenvalue weighted by molar-refractivity contribution is -0.157. The first kappa shape index (κ1) is 19.4. The Kier molecular flexibility index (Phi) is 6.20. The highest BCUT2D eigenvalue weighted by Gasteiger charge is 2.43. The van der Waals surface area contributed by atoms with Gasteiger partial charge in [0.15, 0.2) is 0 Å². The maximum absolute atomic E-state index is 12.4. The number of Topliss-reactive ketones (excluding diaryl/α,β-unsaturated/α-hetero) is 1. The first-order valence-electron chi connectivity index (χ1n) is 9.01. The van der Waals surface area contributed by atoms with Crippen LogP contribution in [0.3, 0.4) is 0 Å². The molecule has 0 aromatic heterocycles. The second kappa shape index (κ2) is 7.98. The van der Waals surface area contributed by atoms with Crippen molar-refractivity contribution < 1.29 is 23.9 Å². The molecule has 5 nitrogen and oxygen atoms in total. The zero-order chi connectivity index (χ0) is 18.7. The van der Waals surface area contributed by atoms with Crippen molar-refractivity contribution in [3.05, 3.63) is 23.3 Å². The van der Waals surface area contributed by atoms with Crippen molar-refractivity contribution in [2.24, 2.45) is 17.8 Å². The van der Waals surface area contributed by atoms with Crippen LogP contribution in [0.1, 0.15) is 53.9 Å². The Balaban J connectivity index is 2.38. The smallest absolute Gasteiger partial charge is 0.334 e. The molecule has 2 rings (SSSR count). The van der Waals surface area contributed by atoms with Gasteiger partial charge in [-0.3, -0.25) is 4.79 Å². The molecule has 2 bridgehead atoms. The third-order valence-electron chi connectivity index (χ3n) is 5.27. The number of ketones is 1. The van der Waals surface area contributed by atoms with Crippen LogP contribution >= 0.6 is 0 Å². The molecule has 0 saturated carbocycles. The minimum atomic E-state index is -0.461. The largest absolute Gasteiger partial charge is 0.459 e. The van der Waals surface area contributed by atoms with E-state index in [0.29, 0.717) is 24.0 Å². The molecule has 1 heterocycles. The van der Waals surface area contributed by atoms with E-state index in [2.05, 4.69) is 0 Å². The molecule has 0 radical (unpaired) electrons. The average Bonchev–Trinajstić information content (AvgIpc) is 2.90. The maximum Gasteiger partial charge on any atom is 0.334 e. The van der Waals surface area contributed by atoms with Gasteiger partial charge in [-0.1, -0.05) is 32.9 Å². The van der Waals surface area contributed by atoms with Crippen molar-refractivity contribution in [1.82, 2.24) is 0 Å². The molecule has 1 fully saturated rings. The summed E-state index contributed by atoms with van der Waals surface area (Å²) in [4.78, 5) is 36.8. The van der Waals surface area contributed by atoms with Gasteiger partial charge < -0.3 is 9.47 Å². The quantitative estimate of drug-likeness (QED) is 0.578. The van der Waals surface area contributed by atoms with E-state index in [-0.39, 0.29) is 48.0 Å². The fourth-order valence-electron chi connectivity index (χ4n) is 3.57. The van der Waals surface area contributed by atoms with Crippen molar-refractivity contribution in [3.63, 3.8) is 0 Å². The summed E-state index contributed by atoms with van der Waals surface area (Å²) in [5, 5.41) is 0. The Hall–Kier alpha value is -1.91. The fraction of sp³-hybridized carbons (Fsp3) is 0.650. The first-order valence-corrected chi connectivity index (χ1v) is 9.01. The molecule has 25 heavy (non-hydrogen) atoms. The number of carbonyl (C=O) groups is 3. The van der Waals surface area contributed by atoms with Gasteiger partial charge in [0.2, 0.25) is 0 Å². The molecule has 0 unspecified atom stereocenters. The van der Waals surface area contributed by atoms with Gasteiger partial charge in [0, 0.05) is 35.8 Å². The van der Waals surface area contributed by atoms with E-state index >= 15 is 0 Å². The van der Waals surface area contributed by atoms with Crippen LogP contribution in [0.4, 0.5) is 0 Å². The van der Waals surface area contributed by atoms with Gasteiger partial charge in [0.25, 0.3) is 0 Å². The van der Waals surface area contributed by atoms with Gasteiger partial charge in [-0.15, -0.1) is 0 Å². The molecule has 0 spiro atoms. The topological polar surface area (TPSA) is 69.7 Å². The molecule has 0 N–H and O–H groups in total. The fourth-order valence-corrected chi connectivity index (χ4v) is 3.57. The number of ether oxygens (including phenoxy) is 2. The molecule has 5 heteroatoms. The van der Waals surface area contributed by atoms with E-state index < -0.39 is 6.10 Å². The van der Waals surface area contributed by atoms with E-state index in [0.717, 1.165) is 0 Å². The highest BCUT2D eigenvalue weighted by molar-refractivity contribution is 5.92. The lowest BCUT2D eigenvalue weighted by atomic mass is 9.78. The molecule has 1 saturated heterocycles. The molecule has 0 aromatic rings. The third kappa shape index (κ3) is 4.39. The van der Waals surface area contributed by atoms with Crippen LogP contribution in [0.25, 0.3) is 0 Å².